The van der Waals surface area contributed by atoms with E-state index in [1.54, 1.807) is 0 Å². The Morgan fingerprint density at radius 3 is 2.83 bits per heavy atom. The number of likely N-dealkylation sites (tertiary alicyclic amines) is 1. The maximum Gasteiger partial charge on any atom is 0.0453 e. The summed E-state index contributed by atoms with van der Waals surface area (Å²) >= 11 is 6.35. The van der Waals surface area contributed by atoms with Crippen LogP contribution in [-0.2, 0) is 13.0 Å². The number of benzene rings is 1. The van der Waals surface area contributed by atoms with E-state index >= 15 is 0 Å². The van der Waals surface area contributed by atoms with Crippen molar-refractivity contribution < 1.29 is 0 Å². The molecule has 1 aliphatic heterocycles. The molecule has 1 aromatic carbocycles. The molecule has 0 amide bonds. The summed E-state index contributed by atoms with van der Waals surface area (Å²) in [5.74, 6) is 0.646. The third kappa shape index (κ3) is 2.87. The molecular formula is C15H23ClN2. The lowest BCUT2D eigenvalue weighted by Crippen LogP contribution is -2.28. The summed E-state index contributed by atoms with van der Waals surface area (Å²) in [6, 6.07) is 6.83. The van der Waals surface area contributed by atoms with Gasteiger partial charge in [0.2, 0.25) is 0 Å². The van der Waals surface area contributed by atoms with Gasteiger partial charge in [-0.05, 0) is 49.4 Å². The lowest BCUT2D eigenvalue weighted by molar-refractivity contribution is 0.255. The lowest BCUT2D eigenvalue weighted by atomic mass is 10.0. The first-order valence-corrected chi connectivity index (χ1v) is 7.23. The van der Waals surface area contributed by atoms with Crippen LogP contribution in [0.4, 0.5) is 0 Å². The second-order valence-electron chi connectivity index (χ2n) is 5.35. The Labute approximate surface area is 115 Å². The molecule has 100 valence electrons. The molecule has 0 bridgehead atoms. The molecule has 1 aliphatic rings. The molecular weight excluding hydrogens is 244 g/mol. The van der Waals surface area contributed by atoms with Crippen molar-refractivity contribution in [2.45, 2.75) is 39.3 Å². The quantitative estimate of drug-likeness (QED) is 0.908. The van der Waals surface area contributed by atoms with E-state index in [1.807, 2.05) is 12.1 Å². The molecule has 1 fully saturated rings. The van der Waals surface area contributed by atoms with E-state index in [0.717, 1.165) is 31.1 Å². The van der Waals surface area contributed by atoms with Crippen LogP contribution >= 0.6 is 11.6 Å². The van der Waals surface area contributed by atoms with Gasteiger partial charge in [-0.15, -0.1) is 0 Å². The molecule has 2 rings (SSSR count). The van der Waals surface area contributed by atoms with Crippen LogP contribution in [-0.4, -0.2) is 24.0 Å². The van der Waals surface area contributed by atoms with E-state index in [9.17, 15) is 0 Å². The van der Waals surface area contributed by atoms with E-state index in [1.165, 1.54) is 17.5 Å². The van der Waals surface area contributed by atoms with E-state index in [-0.39, 0.29) is 0 Å². The highest BCUT2D eigenvalue weighted by molar-refractivity contribution is 6.31. The Morgan fingerprint density at radius 1 is 1.44 bits per heavy atom. The van der Waals surface area contributed by atoms with Gasteiger partial charge < -0.3 is 5.73 Å². The second kappa shape index (κ2) is 6.05. The van der Waals surface area contributed by atoms with Crippen molar-refractivity contribution in [2.24, 2.45) is 11.7 Å². The normalized spacial score (nSPS) is 24.7. The highest BCUT2D eigenvalue weighted by Gasteiger charge is 2.28. The summed E-state index contributed by atoms with van der Waals surface area (Å²) in [6.07, 6.45) is 2.25. The zero-order chi connectivity index (χ0) is 13.1. The summed E-state index contributed by atoms with van der Waals surface area (Å²) in [4.78, 5) is 2.51. The predicted octanol–water partition coefficient (Wildman–Crippen LogP) is 3.07. The van der Waals surface area contributed by atoms with Gasteiger partial charge in [0.25, 0.3) is 0 Å². The zero-order valence-corrected chi connectivity index (χ0v) is 12.1. The number of halogens is 1. The average Bonchev–Trinajstić information content (AvgIpc) is 2.73. The number of nitrogens with two attached hydrogens (primary N) is 1. The molecule has 2 N–H and O–H groups in total. The van der Waals surface area contributed by atoms with Crippen molar-refractivity contribution in [3.8, 4) is 0 Å². The number of aryl methyl sites for hydroxylation is 1. The average molecular weight is 267 g/mol. The third-order valence-corrected chi connectivity index (χ3v) is 4.44. The molecule has 18 heavy (non-hydrogen) atoms. The van der Waals surface area contributed by atoms with Crippen molar-refractivity contribution in [2.75, 3.05) is 13.1 Å². The zero-order valence-electron chi connectivity index (χ0n) is 11.3. The molecule has 1 heterocycles. The summed E-state index contributed by atoms with van der Waals surface area (Å²) in [5.41, 5.74) is 8.45. The van der Waals surface area contributed by atoms with E-state index < -0.39 is 0 Å². The van der Waals surface area contributed by atoms with Crippen molar-refractivity contribution in [3.05, 3.63) is 34.3 Å². The molecule has 2 nitrogen and oxygen atoms in total. The highest BCUT2D eigenvalue weighted by Crippen LogP contribution is 2.28. The fourth-order valence-electron chi connectivity index (χ4n) is 2.92. The Bertz CT molecular complexity index is 405. The first-order valence-electron chi connectivity index (χ1n) is 6.86. The molecule has 0 saturated carbocycles. The van der Waals surface area contributed by atoms with E-state index in [0.29, 0.717) is 12.0 Å². The number of hydrogen-bond donors (Lipinski definition) is 1. The molecule has 1 aromatic rings. The minimum atomic E-state index is 0.611. The SMILES string of the molecule is CCc1cccc(Cl)c1CN1CC(CN)CC1C. The van der Waals surface area contributed by atoms with Crippen LogP contribution in [0, 0.1) is 5.92 Å². The van der Waals surface area contributed by atoms with Crippen LogP contribution in [0.25, 0.3) is 0 Å². The van der Waals surface area contributed by atoms with Crippen molar-refractivity contribution in [1.82, 2.24) is 4.90 Å². The summed E-state index contributed by atoms with van der Waals surface area (Å²) in [5, 5.41) is 0.901. The van der Waals surface area contributed by atoms with Gasteiger partial charge in [0.1, 0.15) is 0 Å². The molecule has 2 unspecified atom stereocenters. The van der Waals surface area contributed by atoms with E-state index in [2.05, 4.69) is 24.8 Å². The number of nitrogens with zero attached hydrogens (tertiary/aromatic N) is 1. The number of hydrogen-bond acceptors (Lipinski definition) is 2. The van der Waals surface area contributed by atoms with Gasteiger partial charge in [-0.3, -0.25) is 4.90 Å². The van der Waals surface area contributed by atoms with Crippen molar-refractivity contribution in [3.63, 3.8) is 0 Å². The van der Waals surface area contributed by atoms with Gasteiger partial charge in [-0.1, -0.05) is 30.7 Å². The molecule has 1 saturated heterocycles. The minimum absolute atomic E-state index is 0.611. The van der Waals surface area contributed by atoms with Gasteiger partial charge in [0, 0.05) is 24.2 Å². The predicted molar refractivity (Wildman–Crippen MR) is 77.9 cm³/mol. The van der Waals surface area contributed by atoms with E-state index in [4.69, 9.17) is 17.3 Å². The van der Waals surface area contributed by atoms with Crippen molar-refractivity contribution in [1.29, 1.82) is 0 Å². The molecule has 0 radical (unpaired) electrons. The standard InChI is InChI=1S/C15H23ClN2/c1-3-13-5-4-6-15(16)14(13)10-18-9-12(8-17)7-11(18)2/h4-6,11-12H,3,7-10,17H2,1-2H3. The van der Waals surface area contributed by atoms with Gasteiger partial charge in [0.05, 0.1) is 0 Å². The first kappa shape index (κ1) is 13.9. The van der Waals surface area contributed by atoms with Gasteiger partial charge in [0.15, 0.2) is 0 Å². The van der Waals surface area contributed by atoms with Crippen LogP contribution in [0.15, 0.2) is 18.2 Å². The smallest absolute Gasteiger partial charge is 0.0453 e. The van der Waals surface area contributed by atoms with Crippen LogP contribution in [0.1, 0.15) is 31.4 Å². The fraction of sp³-hybridized carbons (Fsp3) is 0.600. The topological polar surface area (TPSA) is 29.3 Å². The summed E-state index contributed by atoms with van der Waals surface area (Å²) in [7, 11) is 0. The molecule has 0 aromatic heterocycles. The van der Waals surface area contributed by atoms with Gasteiger partial charge in [-0.2, -0.15) is 0 Å². The van der Waals surface area contributed by atoms with Crippen molar-refractivity contribution >= 4 is 11.6 Å². The minimum Gasteiger partial charge on any atom is -0.330 e. The van der Waals surface area contributed by atoms with Crippen LogP contribution in [0.5, 0.6) is 0 Å². The third-order valence-electron chi connectivity index (χ3n) is 4.08. The second-order valence-corrected chi connectivity index (χ2v) is 5.75. The molecule has 0 spiro atoms. The molecule has 3 heteroatoms. The Kier molecular flexibility index (Phi) is 4.66. The first-order chi connectivity index (χ1) is 8.65. The lowest BCUT2D eigenvalue weighted by Gasteiger charge is -2.23. The summed E-state index contributed by atoms with van der Waals surface area (Å²) in [6.45, 7) is 7.33. The summed E-state index contributed by atoms with van der Waals surface area (Å²) < 4.78 is 0. The Hall–Kier alpha value is -0.570. The molecule has 0 aliphatic carbocycles. The van der Waals surface area contributed by atoms with Gasteiger partial charge in [-0.25, -0.2) is 0 Å². The largest absolute Gasteiger partial charge is 0.330 e. The Morgan fingerprint density at radius 2 is 2.22 bits per heavy atom. The van der Waals surface area contributed by atoms with Crippen LogP contribution < -0.4 is 5.73 Å². The highest BCUT2D eigenvalue weighted by atomic mass is 35.5. The monoisotopic (exact) mass is 266 g/mol. The maximum atomic E-state index is 6.35. The van der Waals surface area contributed by atoms with Crippen LogP contribution in [0.3, 0.4) is 0 Å². The van der Waals surface area contributed by atoms with Crippen LogP contribution in [0.2, 0.25) is 5.02 Å². The Balaban J connectivity index is 2.14. The maximum absolute atomic E-state index is 6.35. The fourth-order valence-corrected chi connectivity index (χ4v) is 3.18. The van der Waals surface area contributed by atoms with Gasteiger partial charge >= 0.3 is 0 Å². The molecule has 2 atom stereocenters. The number of rotatable bonds is 4.